The van der Waals surface area contributed by atoms with Crippen LogP contribution in [0.15, 0.2) is 18.7 Å². The predicted octanol–water partition coefficient (Wildman–Crippen LogP) is 1.39. The molecule has 0 radical (unpaired) electrons. The Morgan fingerprint density at radius 2 is 2.39 bits per heavy atom. The van der Waals surface area contributed by atoms with Gasteiger partial charge in [0.25, 0.3) is 0 Å². The van der Waals surface area contributed by atoms with Gasteiger partial charge in [0.2, 0.25) is 0 Å². The Kier molecular flexibility index (Phi) is 3.36. The fraction of sp³-hybridized carbons (Fsp3) is 0.333. The topological polar surface area (TPSA) is 82.6 Å². The second-order valence-electron chi connectivity index (χ2n) is 4.03. The molecule has 2 N–H and O–H groups in total. The Labute approximate surface area is 104 Å². The summed E-state index contributed by atoms with van der Waals surface area (Å²) >= 11 is 0. The van der Waals surface area contributed by atoms with Crippen LogP contribution in [0.4, 0.5) is 4.79 Å². The van der Waals surface area contributed by atoms with Crippen LogP contribution in [0, 0.1) is 0 Å². The third kappa shape index (κ3) is 2.37. The van der Waals surface area contributed by atoms with Crippen molar-refractivity contribution in [3.05, 3.63) is 35.7 Å². The number of carbonyl (C=O) groups is 2. The van der Waals surface area contributed by atoms with E-state index in [0.717, 1.165) is 11.3 Å². The summed E-state index contributed by atoms with van der Waals surface area (Å²) in [6, 6.07) is 1.62. The molecule has 2 rings (SSSR count). The summed E-state index contributed by atoms with van der Waals surface area (Å²) in [4.78, 5) is 26.8. The van der Waals surface area contributed by atoms with E-state index in [1.807, 2.05) is 0 Å². The van der Waals surface area contributed by atoms with E-state index in [1.165, 1.54) is 11.0 Å². The van der Waals surface area contributed by atoms with Crippen LogP contribution in [-0.2, 0) is 17.7 Å². The van der Waals surface area contributed by atoms with E-state index >= 15 is 0 Å². The first-order chi connectivity index (χ1) is 8.61. The number of nitrogens with zero attached hydrogens (tertiary/aromatic N) is 1. The Morgan fingerprint density at radius 3 is 3.06 bits per heavy atom. The largest absolute Gasteiger partial charge is 0.477 e. The van der Waals surface area contributed by atoms with Crippen molar-refractivity contribution in [2.75, 3.05) is 13.2 Å². The fourth-order valence-electron chi connectivity index (χ4n) is 1.92. The summed E-state index contributed by atoms with van der Waals surface area (Å²) in [6.45, 7) is 4.52. The molecule has 0 atom stereocenters. The van der Waals surface area contributed by atoms with Gasteiger partial charge in [0.05, 0.1) is 6.54 Å². The van der Waals surface area contributed by atoms with Crippen LogP contribution < -0.4 is 0 Å². The quantitative estimate of drug-likeness (QED) is 0.794. The Balaban J connectivity index is 2.07. The molecule has 96 valence electrons. The molecule has 1 aliphatic heterocycles. The zero-order chi connectivity index (χ0) is 13.1. The van der Waals surface area contributed by atoms with Crippen LogP contribution >= 0.6 is 0 Å². The standard InChI is InChI=1S/C12H14N2O4/c1-2-5-18-12(17)14-4-3-8-6-9(11(15)16)13-10(8)7-14/h2,6,13H,1,3-5,7H2,(H,15,16). The molecule has 0 bridgehead atoms. The normalized spacial score (nSPS) is 13.9. The highest BCUT2D eigenvalue weighted by Crippen LogP contribution is 2.20. The number of hydrogen-bond acceptors (Lipinski definition) is 3. The molecular formula is C12H14N2O4. The first kappa shape index (κ1) is 12.2. The number of ether oxygens (including phenoxy) is 1. The summed E-state index contributed by atoms with van der Waals surface area (Å²) in [6.07, 6.45) is 1.72. The number of hydrogen-bond donors (Lipinski definition) is 2. The number of H-pyrrole nitrogens is 1. The van der Waals surface area contributed by atoms with Gasteiger partial charge in [-0.25, -0.2) is 9.59 Å². The summed E-state index contributed by atoms with van der Waals surface area (Å²) in [5.41, 5.74) is 1.86. The summed E-state index contributed by atoms with van der Waals surface area (Å²) < 4.78 is 4.94. The molecule has 0 unspecified atom stereocenters. The second-order valence-corrected chi connectivity index (χ2v) is 4.03. The number of carbonyl (C=O) groups excluding carboxylic acids is 1. The molecule has 0 spiro atoms. The van der Waals surface area contributed by atoms with E-state index < -0.39 is 12.1 Å². The van der Waals surface area contributed by atoms with E-state index in [-0.39, 0.29) is 12.3 Å². The molecule has 6 heteroatoms. The van der Waals surface area contributed by atoms with Gasteiger partial charge in [0.15, 0.2) is 0 Å². The molecule has 1 aromatic rings. The minimum atomic E-state index is -0.995. The lowest BCUT2D eigenvalue weighted by atomic mass is 10.1. The molecule has 1 amide bonds. The number of aromatic amines is 1. The van der Waals surface area contributed by atoms with Crippen LogP contribution in [0.3, 0.4) is 0 Å². The first-order valence-corrected chi connectivity index (χ1v) is 5.58. The lowest BCUT2D eigenvalue weighted by Crippen LogP contribution is -2.36. The van der Waals surface area contributed by atoms with Crippen LogP contribution in [0.2, 0.25) is 0 Å². The van der Waals surface area contributed by atoms with Crippen LogP contribution in [0.5, 0.6) is 0 Å². The van der Waals surface area contributed by atoms with Crippen LogP contribution in [0.25, 0.3) is 0 Å². The van der Waals surface area contributed by atoms with Crippen LogP contribution in [-0.4, -0.2) is 40.2 Å². The molecule has 0 fully saturated rings. The van der Waals surface area contributed by atoms with Crippen molar-refractivity contribution >= 4 is 12.1 Å². The number of rotatable bonds is 3. The lowest BCUT2D eigenvalue weighted by Gasteiger charge is -2.25. The van der Waals surface area contributed by atoms with Gasteiger partial charge in [-0.1, -0.05) is 12.7 Å². The average Bonchev–Trinajstić information content (AvgIpc) is 2.78. The van der Waals surface area contributed by atoms with Crippen LogP contribution in [0.1, 0.15) is 21.7 Å². The van der Waals surface area contributed by atoms with Crippen molar-refractivity contribution in [2.45, 2.75) is 13.0 Å². The maximum Gasteiger partial charge on any atom is 0.410 e. The maximum absolute atomic E-state index is 11.6. The SMILES string of the molecule is C=CCOC(=O)N1CCc2cc(C(=O)O)[nH]c2C1. The van der Waals surface area contributed by atoms with Gasteiger partial charge in [-0.15, -0.1) is 0 Å². The number of aromatic carboxylic acids is 1. The highest BCUT2D eigenvalue weighted by molar-refractivity contribution is 5.86. The van der Waals surface area contributed by atoms with Gasteiger partial charge >= 0.3 is 12.1 Å². The number of aromatic nitrogens is 1. The van der Waals surface area contributed by atoms with Crippen molar-refractivity contribution in [1.29, 1.82) is 0 Å². The summed E-state index contributed by atoms with van der Waals surface area (Å²) in [5, 5.41) is 8.88. The third-order valence-electron chi connectivity index (χ3n) is 2.81. The number of carboxylic acid groups (broad SMARTS) is 1. The first-order valence-electron chi connectivity index (χ1n) is 5.58. The molecule has 0 saturated heterocycles. The summed E-state index contributed by atoms with van der Waals surface area (Å²) in [7, 11) is 0. The average molecular weight is 250 g/mol. The Bertz CT molecular complexity index is 492. The molecule has 0 aromatic carbocycles. The van der Waals surface area contributed by atoms with E-state index in [2.05, 4.69) is 11.6 Å². The Hall–Kier alpha value is -2.24. The van der Waals surface area contributed by atoms with Gasteiger partial charge < -0.3 is 19.7 Å². The van der Waals surface area contributed by atoms with Gasteiger partial charge in [-0.2, -0.15) is 0 Å². The molecule has 0 aliphatic carbocycles. The molecule has 1 aliphatic rings. The molecular weight excluding hydrogens is 236 g/mol. The minimum absolute atomic E-state index is 0.154. The fourth-order valence-corrected chi connectivity index (χ4v) is 1.92. The van der Waals surface area contributed by atoms with Gasteiger partial charge in [0, 0.05) is 12.2 Å². The van der Waals surface area contributed by atoms with Gasteiger partial charge in [-0.05, 0) is 18.1 Å². The van der Waals surface area contributed by atoms with Gasteiger partial charge in [-0.3, -0.25) is 0 Å². The molecule has 0 saturated carbocycles. The monoisotopic (exact) mass is 250 g/mol. The number of carboxylic acids is 1. The van der Waals surface area contributed by atoms with Crippen molar-refractivity contribution in [2.24, 2.45) is 0 Å². The van der Waals surface area contributed by atoms with Crippen molar-refractivity contribution in [1.82, 2.24) is 9.88 Å². The minimum Gasteiger partial charge on any atom is -0.477 e. The van der Waals surface area contributed by atoms with E-state index in [1.54, 1.807) is 6.07 Å². The van der Waals surface area contributed by atoms with E-state index in [0.29, 0.717) is 19.5 Å². The molecule has 1 aromatic heterocycles. The van der Waals surface area contributed by atoms with Gasteiger partial charge in [0.1, 0.15) is 12.3 Å². The number of amides is 1. The molecule has 18 heavy (non-hydrogen) atoms. The zero-order valence-electron chi connectivity index (χ0n) is 9.81. The Morgan fingerprint density at radius 1 is 1.61 bits per heavy atom. The highest BCUT2D eigenvalue weighted by atomic mass is 16.6. The van der Waals surface area contributed by atoms with E-state index in [9.17, 15) is 9.59 Å². The molecule has 2 heterocycles. The second kappa shape index (κ2) is 4.95. The predicted molar refractivity (Wildman–Crippen MR) is 63.4 cm³/mol. The van der Waals surface area contributed by atoms with Crippen molar-refractivity contribution < 1.29 is 19.4 Å². The smallest absolute Gasteiger partial charge is 0.410 e. The highest BCUT2D eigenvalue weighted by Gasteiger charge is 2.24. The van der Waals surface area contributed by atoms with E-state index in [4.69, 9.17) is 9.84 Å². The van der Waals surface area contributed by atoms with Crippen molar-refractivity contribution in [3.63, 3.8) is 0 Å². The molecule has 6 nitrogen and oxygen atoms in total. The summed E-state index contributed by atoms with van der Waals surface area (Å²) in [5.74, 6) is -0.995. The van der Waals surface area contributed by atoms with Crippen molar-refractivity contribution in [3.8, 4) is 0 Å². The maximum atomic E-state index is 11.6. The number of fused-ring (bicyclic) bond motifs is 1. The zero-order valence-corrected chi connectivity index (χ0v) is 9.81. The third-order valence-corrected chi connectivity index (χ3v) is 2.81. The number of nitrogens with one attached hydrogen (secondary N) is 1. The lowest BCUT2D eigenvalue weighted by molar-refractivity contribution is 0.0691.